The topological polar surface area (TPSA) is 35.6 Å². The van der Waals surface area contributed by atoms with Crippen LogP contribution in [0, 0.1) is 5.92 Å². The highest BCUT2D eigenvalue weighted by Gasteiger charge is 2.26. The molecule has 1 heterocycles. The minimum atomic E-state index is 0. The van der Waals surface area contributed by atoms with Gasteiger partial charge in [-0.1, -0.05) is 0 Å². The second-order valence-corrected chi connectivity index (χ2v) is 5.28. The monoisotopic (exact) mass is 277 g/mol. The lowest BCUT2D eigenvalue weighted by atomic mass is 9.93. The molecule has 1 unspecified atom stereocenters. The Hall–Kier alpha value is -0.320. The van der Waals surface area contributed by atoms with Crippen LogP contribution in [-0.4, -0.2) is 62.5 Å². The molecule has 1 aliphatic heterocycles. The number of nitrogens with zero attached hydrogens (tertiary/aromatic N) is 2. The Morgan fingerprint density at radius 2 is 1.94 bits per heavy atom. The van der Waals surface area contributed by atoms with Crippen LogP contribution in [0.2, 0.25) is 0 Å². The van der Waals surface area contributed by atoms with Crippen molar-refractivity contribution >= 4 is 18.3 Å². The zero-order valence-corrected chi connectivity index (χ0v) is 12.9. The minimum absolute atomic E-state index is 0. The Bertz CT molecular complexity index is 240. The van der Waals surface area contributed by atoms with Crippen LogP contribution in [0.5, 0.6) is 0 Å². The molecule has 4 nitrogen and oxygen atoms in total. The first-order valence-electron chi connectivity index (χ1n) is 6.66. The summed E-state index contributed by atoms with van der Waals surface area (Å²) in [6, 6.07) is 0.0373. The second kappa shape index (κ2) is 8.73. The van der Waals surface area contributed by atoms with Crippen LogP contribution >= 0.6 is 12.4 Å². The van der Waals surface area contributed by atoms with Crippen molar-refractivity contribution < 1.29 is 4.79 Å². The predicted molar refractivity (Wildman–Crippen MR) is 78.2 cm³/mol. The summed E-state index contributed by atoms with van der Waals surface area (Å²) in [5, 5.41) is 3.21. The molecule has 0 bridgehead atoms. The van der Waals surface area contributed by atoms with Crippen LogP contribution in [0.3, 0.4) is 0 Å². The van der Waals surface area contributed by atoms with Gasteiger partial charge in [-0.3, -0.25) is 9.69 Å². The summed E-state index contributed by atoms with van der Waals surface area (Å²) in [6.45, 7) is 5.26. The van der Waals surface area contributed by atoms with Gasteiger partial charge in [0.1, 0.15) is 0 Å². The van der Waals surface area contributed by atoms with Crippen molar-refractivity contribution in [2.45, 2.75) is 32.2 Å². The largest absolute Gasteiger partial charge is 0.347 e. The molecule has 1 saturated heterocycles. The highest BCUT2D eigenvalue weighted by Crippen LogP contribution is 2.21. The van der Waals surface area contributed by atoms with E-state index in [2.05, 4.69) is 10.2 Å². The molecule has 0 aromatic heterocycles. The average Bonchev–Trinajstić information content (AvgIpc) is 2.35. The smallest absolute Gasteiger partial charge is 0.239 e. The van der Waals surface area contributed by atoms with Gasteiger partial charge >= 0.3 is 0 Å². The molecule has 1 fully saturated rings. The number of rotatable bonds is 5. The van der Waals surface area contributed by atoms with Crippen molar-refractivity contribution in [1.82, 2.24) is 15.1 Å². The lowest BCUT2D eigenvalue weighted by Gasteiger charge is -2.36. The van der Waals surface area contributed by atoms with Crippen LogP contribution in [0.15, 0.2) is 0 Å². The number of nitrogens with one attached hydrogen (secondary N) is 1. The SMILES string of the molecule is CNCCC1CCN(C(C)C(=O)N(C)C)CC1.Cl. The highest BCUT2D eigenvalue weighted by atomic mass is 35.5. The minimum Gasteiger partial charge on any atom is -0.347 e. The van der Waals surface area contributed by atoms with E-state index < -0.39 is 0 Å². The fraction of sp³-hybridized carbons (Fsp3) is 0.923. The second-order valence-electron chi connectivity index (χ2n) is 5.28. The predicted octanol–water partition coefficient (Wildman–Crippen LogP) is 1.21. The molecule has 1 atom stereocenters. The molecule has 1 amide bonds. The molecule has 1 rings (SSSR count). The molecule has 0 aromatic carbocycles. The number of halogens is 1. The van der Waals surface area contributed by atoms with E-state index in [9.17, 15) is 4.79 Å². The molecule has 0 saturated carbocycles. The van der Waals surface area contributed by atoms with Crippen molar-refractivity contribution in [1.29, 1.82) is 0 Å². The first-order valence-corrected chi connectivity index (χ1v) is 6.66. The Morgan fingerprint density at radius 3 is 2.39 bits per heavy atom. The van der Waals surface area contributed by atoms with Crippen molar-refractivity contribution in [2.24, 2.45) is 5.92 Å². The zero-order chi connectivity index (χ0) is 12.8. The van der Waals surface area contributed by atoms with Crippen molar-refractivity contribution in [3.05, 3.63) is 0 Å². The first-order chi connectivity index (χ1) is 8.06. The molecule has 0 aromatic rings. The molecular weight excluding hydrogens is 250 g/mol. The number of piperidine rings is 1. The molecule has 0 aliphatic carbocycles. The molecule has 108 valence electrons. The average molecular weight is 278 g/mol. The summed E-state index contributed by atoms with van der Waals surface area (Å²) < 4.78 is 0. The normalized spacial score (nSPS) is 19.1. The van der Waals surface area contributed by atoms with E-state index in [0.717, 1.165) is 25.6 Å². The van der Waals surface area contributed by atoms with E-state index in [1.807, 2.05) is 28.1 Å². The zero-order valence-electron chi connectivity index (χ0n) is 12.1. The van der Waals surface area contributed by atoms with Crippen molar-refractivity contribution in [3.8, 4) is 0 Å². The number of amides is 1. The first kappa shape index (κ1) is 17.7. The number of carbonyl (C=O) groups excluding carboxylic acids is 1. The summed E-state index contributed by atoms with van der Waals surface area (Å²) in [6.07, 6.45) is 3.72. The van der Waals surface area contributed by atoms with E-state index in [4.69, 9.17) is 0 Å². The van der Waals surface area contributed by atoms with Gasteiger partial charge in [-0.05, 0) is 58.8 Å². The Kier molecular flexibility index (Phi) is 8.57. The van der Waals surface area contributed by atoms with Gasteiger partial charge in [0.25, 0.3) is 0 Å². The number of likely N-dealkylation sites (N-methyl/N-ethyl adjacent to an activating group) is 1. The Morgan fingerprint density at radius 1 is 1.39 bits per heavy atom. The van der Waals surface area contributed by atoms with Crippen LogP contribution in [-0.2, 0) is 4.79 Å². The number of carbonyl (C=O) groups is 1. The summed E-state index contributed by atoms with van der Waals surface area (Å²) in [5.74, 6) is 1.05. The maximum absolute atomic E-state index is 11.9. The van der Waals surface area contributed by atoms with Gasteiger partial charge in [0.2, 0.25) is 5.91 Å². The lowest BCUT2D eigenvalue weighted by molar-refractivity contribution is -0.134. The molecule has 1 N–H and O–H groups in total. The maximum atomic E-state index is 11.9. The van der Waals surface area contributed by atoms with E-state index in [-0.39, 0.29) is 24.4 Å². The Balaban J connectivity index is 0.00000289. The van der Waals surface area contributed by atoms with Crippen LogP contribution in [0.1, 0.15) is 26.2 Å². The van der Waals surface area contributed by atoms with Gasteiger partial charge in [-0.2, -0.15) is 0 Å². The van der Waals surface area contributed by atoms with Crippen LogP contribution in [0.4, 0.5) is 0 Å². The molecular formula is C13H28ClN3O. The van der Waals surface area contributed by atoms with Crippen molar-refractivity contribution in [3.63, 3.8) is 0 Å². The van der Waals surface area contributed by atoms with Gasteiger partial charge < -0.3 is 10.2 Å². The molecule has 1 aliphatic rings. The third-order valence-corrected chi connectivity index (χ3v) is 3.80. The Labute approximate surface area is 117 Å². The van der Waals surface area contributed by atoms with Crippen molar-refractivity contribution in [2.75, 3.05) is 40.8 Å². The summed E-state index contributed by atoms with van der Waals surface area (Å²) >= 11 is 0. The third-order valence-electron chi connectivity index (χ3n) is 3.80. The highest BCUT2D eigenvalue weighted by molar-refractivity contribution is 5.85. The van der Waals surface area contributed by atoms with Gasteiger partial charge in [0.05, 0.1) is 6.04 Å². The van der Waals surface area contributed by atoms with E-state index in [1.54, 1.807) is 4.90 Å². The molecule has 18 heavy (non-hydrogen) atoms. The van der Waals surface area contributed by atoms with Gasteiger partial charge in [-0.15, -0.1) is 12.4 Å². The third kappa shape index (κ3) is 5.12. The molecule has 5 heteroatoms. The van der Waals surface area contributed by atoms with E-state index >= 15 is 0 Å². The lowest BCUT2D eigenvalue weighted by Crippen LogP contribution is -2.48. The van der Waals surface area contributed by atoms with Gasteiger partial charge in [-0.25, -0.2) is 0 Å². The van der Waals surface area contributed by atoms with Crippen LogP contribution in [0.25, 0.3) is 0 Å². The molecule has 0 radical (unpaired) electrons. The maximum Gasteiger partial charge on any atom is 0.239 e. The summed E-state index contributed by atoms with van der Waals surface area (Å²) in [7, 11) is 5.67. The van der Waals surface area contributed by atoms with E-state index in [1.165, 1.54) is 19.3 Å². The van der Waals surface area contributed by atoms with Gasteiger partial charge in [0, 0.05) is 14.1 Å². The number of likely N-dealkylation sites (tertiary alicyclic amines) is 1. The summed E-state index contributed by atoms with van der Waals surface area (Å²) in [5.41, 5.74) is 0. The van der Waals surface area contributed by atoms with E-state index in [0.29, 0.717) is 0 Å². The van der Waals surface area contributed by atoms with Gasteiger partial charge in [0.15, 0.2) is 0 Å². The van der Waals surface area contributed by atoms with Crippen LogP contribution < -0.4 is 5.32 Å². The number of hydrogen-bond donors (Lipinski definition) is 1. The fourth-order valence-corrected chi connectivity index (χ4v) is 2.51. The molecule has 0 spiro atoms. The fourth-order valence-electron chi connectivity index (χ4n) is 2.51. The standard InChI is InChI=1S/C13H27N3O.ClH/c1-11(13(17)15(3)4)16-9-6-12(7-10-16)5-8-14-2;/h11-12,14H,5-10H2,1-4H3;1H. The summed E-state index contributed by atoms with van der Waals surface area (Å²) in [4.78, 5) is 15.9. The quantitative estimate of drug-likeness (QED) is 0.820. The number of hydrogen-bond acceptors (Lipinski definition) is 3.